The van der Waals surface area contributed by atoms with Gasteiger partial charge >= 0.3 is 0 Å². The lowest BCUT2D eigenvalue weighted by molar-refractivity contribution is 0.0942. The quantitative estimate of drug-likeness (QED) is 0.568. The Bertz CT molecular complexity index is 758. The third-order valence-corrected chi connectivity index (χ3v) is 6.16. The Labute approximate surface area is 170 Å². The Morgan fingerprint density at radius 2 is 2.00 bits per heavy atom. The average molecular weight is 382 g/mol. The van der Waals surface area contributed by atoms with Gasteiger partial charge < -0.3 is 9.84 Å². The van der Waals surface area contributed by atoms with Gasteiger partial charge in [0.25, 0.3) is 0 Å². The molecular weight excluding hydrogens is 346 g/mol. The van der Waals surface area contributed by atoms with Gasteiger partial charge in [-0.25, -0.2) is 0 Å². The highest BCUT2D eigenvalue weighted by molar-refractivity contribution is 5.41. The van der Waals surface area contributed by atoms with Crippen molar-refractivity contribution in [2.45, 2.75) is 58.9 Å². The fourth-order valence-corrected chi connectivity index (χ4v) is 4.23. The number of aryl methyl sites for hydroxylation is 1. The molecule has 0 radical (unpaired) electrons. The van der Waals surface area contributed by atoms with Gasteiger partial charge in [-0.2, -0.15) is 0 Å². The molecule has 1 aliphatic rings. The smallest absolute Gasteiger partial charge is 0.122 e. The van der Waals surface area contributed by atoms with Crippen LogP contribution < -0.4 is 4.74 Å². The van der Waals surface area contributed by atoms with Crippen LogP contribution >= 0.6 is 0 Å². The zero-order valence-electron chi connectivity index (χ0n) is 17.7. The zero-order chi connectivity index (χ0) is 19.9. The van der Waals surface area contributed by atoms with Crippen LogP contribution in [0.25, 0.3) is 0 Å². The molecule has 2 aromatic rings. The summed E-state index contributed by atoms with van der Waals surface area (Å²) in [5.74, 6) is 2.29. The summed E-state index contributed by atoms with van der Waals surface area (Å²) < 4.78 is 5.65. The van der Waals surface area contributed by atoms with Crippen LogP contribution in [0.2, 0.25) is 0 Å². The fraction of sp³-hybridized carbons (Fsp3) is 0.520. The third-order valence-electron chi connectivity index (χ3n) is 6.16. The van der Waals surface area contributed by atoms with Gasteiger partial charge in [0, 0.05) is 19.5 Å². The number of nitrogens with zero attached hydrogens (tertiary/aromatic N) is 1. The minimum atomic E-state index is 0.114. The number of hydrogen-bond acceptors (Lipinski definition) is 3. The van der Waals surface area contributed by atoms with Gasteiger partial charge in [0.15, 0.2) is 0 Å². The second kappa shape index (κ2) is 10.1. The summed E-state index contributed by atoms with van der Waals surface area (Å²) >= 11 is 0. The second-order valence-electron chi connectivity index (χ2n) is 8.32. The average Bonchev–Trinajstić information content (AvgIpc) is 3.18. The van der Waals surface area contributed by atoms with Gasteiger partial charge in [-0.3, -0.25) is 4.90 Å². The van der Waals surface area contributed by atoms with Gasteiger partial charge in [0.2, 0.25) is 0 Å². The molecule has 0 bridgehead atoms. The van der Waals surface area contributed by atoms with Crippen LogP contribution in [-0.4, -0.2) is 29.9 Å². The zero-order valence-corrected chi connectivity index (χ0v) is 17.7. The summed E-state index contributed by atoms with van der Waals surface area (Å²) in [5.41, 5.74) is 5.42. The molecule has 1 aliphatic heterocycles. The van der Waals surface area contributed by atoms with Crippen LogP contribution in [0.4, 0.5) is 0 Å². The second-order valence-corrected chi connectivity index (χ2v) is 8.32. The minimum absolute atomic E-state index is 0.114. The molecule has 0 fully saturated rings. The number of hydrogen-bond donors (Lipinski definition) is 1. The molecule has 2 atom stereocenters. The summed E-state index contributed by atoms with van der Waals surface area (Å²) in [6.45, 7) is 9.47. The maximum Gasteiger partial charge on any atom is 0.122 e. The predicted molar refractivity (Wildman–Crippen MR) is 116 cm³/mol. The van der Waals surface area contributed by atoms with E-state index in [-0.39, 0.29) is 6.73 Å². The molecule has 0 aliphatic carbocycles. The summed E-state index contributed by atoms with van der Waals surface area (Å²) in [5, 5.41) is 9.80. The lowest BCUT2D eigenvalue weighted by Crippen LogP contribution is -2.27. The van der Waals surface area contributed by atoms with Gasteiger partial charge in [-0.1, -0.05) is 50.2 Å². The van der Waals surface area contributed by atoms with Crippen molar-refractivity contribution in [1.29, 1.82) is 0 Å². The van der Waals surface area contributed by atoms with Crippen molar-refractivity contribution in [1.82, 2.24) is 4.90 Å². The molecular formula is C25H35NO2. The molecule has 3 heteroatoms. The first-order valence-electron chi connectivity index (χ1n) is 10.7. The standard InChI is InChI=1S/C25H35NO2/c1-4-21(22-9-10-25-23(16-22)12-14-28-25)15-19(2)11-13-26(18-27)17-24-8-6-5-7-20(24)3/h5-10,16,19,21,27H,4,11-15,17-18H2,1-3H3. The van der Waals surface area contributed by atoms with E-state index in [2.05, 4.69) is 68.1 Å². The van der Waals surface area contributed by atoms with E-state index in [9.17, 15) is 5.11 Å². The molecule has 152 valence electrons. The minimum Gasteiger partial charge on any atom is -0.493 e. The Balaban J connectivity index is 1.53. The Morgan fingerprint density at radius 1 is 1.18 bits per heavy atom. The van der Waals surface area contributed by atoms with Crippen molar-refractivity contribution in [3.8, 4) is 5.75 Å². The Morgan fingerprint density at radius 3 is 2.75 bits per heavy atom. The molecule has 0 spiro atoms. The van der Waals surface area contributed by atoms with E-state index in [1.165, 1.54) is 28.7 Å². The van der Waals surface area contributed by atoms with Crippen molar-refractivity contribution < 1.29 is 9.84 Å². The molecule has 2 unspecified atom stereocenters. The fourth-order valence-electron chi connectivity index (χ4n) is 4.23. The summed E-state index contributed by atoms with van der Waals surface area (Å²) in [6.07, 6.45) is 4.51. The molecule has 0 saturated carbocycles. The van der Waals surface area contributed by atoms with Gasteiger partial charge in [-0.05, 0) is 66.3 Å². The first-order valence-corrected chi connectivity index (χ1v) is 10.7. The van der Waals surface area contributed by atoms with Crippen LogP contribution in [0.1, 0.15) is 61.3 Å². The Hall–Kier alpha value is -1.84. The number of aliphatic hydroxyl groups excluding tert-OH is 1. The topological polar surface area (TPSA) is 32.7 Å². The largest absolute Gasteiger partial charge is 0.493 e. The molecule has 0 aromatic heterocycles. The molecule has 1 heterocycles. The van der Waals surface area contributed by atoms with Crippen LogP contribution in [0, 0.1) is 12.8 Å². The van der Waals surface area contributed by atoms with Crippen LogP contribution in [0.5, 0.6) is 5.75 Å². The molecule has 0 saturated heterocycles. The van der Waals surface area contributed by atoms with E-state index >= 15 is 0 Å². The molecule has 0 amide bonds. The van der Waals surface area contributed by atoms with Gasteiger partial charge in [0.1, 0.15) is 5.75 Å². The van der Waals surface area contributed by atoms with Gasteiger partial charge in [-0.15, -0.1) is 0 Å². The monoisotopic (exact) mass is 381 g/mol. The van der Waals surface area contributed by atoms with Crippen molar-refractivity contribution in [2.24, 2.45) is 5.92 Å². The first kappa shape index (κ1) is 20.9. The molecule has 3 nitrogen and oxygen atoms in total. The Kier molecular flexibility index (Phi) is 7.52. The maximum absolute atomic E-state index is 9.80. The highest BCUT2D eigenvalue weighted by Crippen LogP contribution is 2.33. The summed E-state index contributed by atoms with van der Waals surface area (Å²) in [7, 11) is 0. The van der Waals surface area contributed by atoms with E-state index in [0.717, 1.165) is 44.7 Å². The molecule has 2 aromatic carbocycles. The SMILES string of the molecule is CCC(CC(C)CCN(CO)Cc1ccccc1C)c1ccc2c(c1)CCO2. The normalized spacial score (nSPS) is 15.3. The van der Waals surface area contributed by atoms with Gasteiger partial charge in [0.05, 0.1) is 13.3 Å². The molecule has 3 rings (SSSR count). The predicted octanol–water partition coefficient (Wildman–Crippen LogP) is 5.29. The molecule has 1 N–H and O–H groups in total. The molecule has 28 heavy (non-hydrogen) atoms. The maximum atomic E-state index is 9.80. The van der Waals surface area contributed by atoms with E-state index in [0.29, 0.717) is 11.8 Å². The van der Waals surface area contributed by atoms with Crippen LogP contribution in [0.15, 0.2) is 42.5 Å². The number of ether oxygens (including phenoxy) is 1. The number of benzene rings is 2. The summed E-state index contributed by atoms with van der Waals surface area (Å²) in [6, 6.07) is 15.2. The number of aliphatic hydroxyl groups is 1. The van der Waals surface area contributed by atoms with E-state index in [4.69, 9.17) is 4.74 Å². The van der Waals surface area contributed by atoms with Crippen molar-refractivity contribution >= 4 is 0 Å². The lowest BCUT2D eigenvalue weighted by Gasteiger charge is -2.25. The lowest BCUT2D eigenvalue weighted by atomic mass is 9.85. The van der Waals surface area contributed by atoms with E-state index in [1.54, 1.807) is 0 Å². The third kappa shape index (κ3) is 5.36. The number of rotatable bonds is 10. The highest BCUT2D eigenvalue weighted by Gasteiger charge is 2.18. The van der Waals surface area contributed by atoms with Crippen molar-refractivity contribution in [3.63, 3.8) is 0 Å². The highest BCUT2D eigenvalue weighted by atomic mass is 16.5. The van der Waals surface area contributed by atoms with Crippen molar-refractivity contribution in [2.75, 3.05) is 19.9 Å². The van der Waals surface area contributed by atoms with Crippen molar-refractivity contribution in [3.05, 3.63) is 64.7 Å². The summed E-state index contributed by atoms with van der Waals surface area (Å²) in [4.78, 5) is 2.15. The first-order chi connectivity index (χ1) is 13.6. The van der Waals surface area contributed by atoms with Crippen LogP contribution in [0.3, 0.4) is 0 Å². The van der Waals surface area contributed by atoms with Crippen LogP contribution in [-0.2, 0) is 13.0 Å². The van der Waals surface area contributed by atoms with E-state index < -0.39 is 0 Å². The number of fused-ring (bicyclic) bond motifs is 1. The van der Waals surface area contributed by atoms with E-state index in [1.807, 2.05) is 0 Å².